The summed E-state index contributed by atoms with van der Waals surface area (Å²) in [6, 6.07) is 2.68. The van der Waals surface area contributed by atoms with Gasteiger partial charge in [-0.3, -0.25) is 0 Å². The molecule has 2 aromatic heterocycles. The van der Waals surface area contributed by atoms with Gasteiger partial charge in [0.2, 0.25) is 0 Å². The van der Waals surface area contributed by atoms with E-state index in [1.165, 1.54) is 25.9 Å². The molecule has 100 valence electrons. The van der Waals surface area contributed by atoms with Crippen molar-refractivity contribution in [2.75, 3.05) is 25.0 Å². The van der Waals surface area contributed by atoms with Crippen molar-refractivity contribution in [3.05, 3.63) is 18.6 Å². The molecule has 3 atom stereocenters. The van der Waals surface area contributed by atoms with E-state index in [0.29, 0.717) is 6.04 Å². The standard InChI is InChI=1S/C14H19N5/c1-19(11-4-9-6-15-7-10(9)5-11)14-12-2-3-16-13(12)17-8-18-14/h2-3,8-11,15H,4-7H2,1H3,(H,16,17,18)/t9-,10+,11?. The van der Waals surface area contributed by atoms with Gasteiger partial charge in [0.1, 0.15) is 17.8 Å². The molecule has 0 radical (unpaired) electrons. The van der Waals surface area contributed by atoms with Gasteiger partial charge in [0, 0.05) is 19.3 Å². The minimum Gasteiger partial charge on any atom is -0.356 e. The Balaban J connectivity index is 1.63. The third kappa shape index (κ3) is 1.72. The second-order valence-corrected chi connectivity index (χ2v) is 5.85. The molecule has 0 spiro atoms. The molecule has 4 rings (SSSR count). The molecule has 3 heterocycles. The fourth-order valence-corrected chi connectivity index (χ4v) is 3.76. The predicted molar refractivity (Wildman–Crippen MR) is 75.2 cm³/mol. The molecule has 2 aromatic rings. The average molecular weight is 257 g/mol. The van der Waals surface area contributed by atoms with Gasteiger partial charge < -0.3 is 15.2 Å². The van der Waals surface area contributed by atoms with Crippen LogP contribution in [0.3, 0.4) is 0 Å². The minimum absolute atomic E-state index is 0.616. The normalized spacial score (nSPS) is 29.8. The lowest BCUT2D eigenvalue weighted by Crippen LogP contribution is -2.31. The first-order chi connectivity index (χ1) is 9.33. The Hall–Kier alpha value is -1.62. The number of aromatic nitrogens is 3. The number of hydrogen-bond acceptors (Lipinski definition) is 4. The van der Waals surface area contributed by atoms with Crippen LogP contribution in [0.5, 0.6) is 0 Å². The molecular formula is C14H19N5. The molecule has 5 heteroatoms. The van der Waals surface area contributed by atoms with Crippen LogP contribution in [0.1, 0.15) is 12.8 Å². The largest absolute Gasteiger partial charge is 0.356 e. The summed E-state index contributed by atoms with van der Waals surface area (Å²) in [5, 5.41) is 4.63. The van der Waals surface area contributed by atoms with Crippen LogP contribution in [0.2, 0.25) is 0 Å². The molecule has 1 unspecified atom stereocenters. The van der Waals surface area contributed by atoms with Crippen LogP contribution in [0.25, 0.3) is 11.0 Å². The first-order valence-corrected chi connectivity index (χ1v) is 7.04. The van der Waals surface area contributed by atoms with E-state index in [1.807, 2.05) is 6.20 Å². The van der Waals surface area contributed by atoms with Crippen molar-refractivity contribution in [3.8, 4) is 0 Å². The third-order valence-electron chi connectivity index (χ3n) is 4.84. The highest BCUT2D eigenvalue weighted by Crippen LogP contribution is 2.38. The third-order valence-corrected chi connectivity index (χ3v) is 4.84. The van der Waals surface area contributed by atoms with Crippen molar-refractivity contribution < 1.29 is 0 Å². The van der Waals surface area contributed by atoms with Gasteiger partial charge in [0.25, 0.3) is 0 Å². The second-order valence-electron chi connectivity index (χ2n) is 5.85. The molecule has 0 bridgehead atoms. The van der Waals surface area contributed by atoms with Gasteiger partial charge in [-0.2, -0.15) is 0 Å². The highest BCUT2D eigenvalue weighted by atomic mass is 15.2. The van der Waals surface area contributed by atoms with E-state index in [1.54, 1.807) is 6.33 Å². The zero-order chi connectivity index (χ0) is 12.8. The van der Waals surface area contributed by atoms with E-state index in [4.69, 9.17) is 0 Å². The maximum Gasteiger partial charge on any atom is 0.142 e. The monoisotopic (exact) mass is 257 g/mol. The molecule has 2 N–H and O–H groups in total. The fraction of sp³-hybridized carbons (Fsp3) is 0.571. The van der Waals surface area contributed by atoms with Crippen molar-refractivity contribution in [1.82, 2.24) is 20.3 Å². The van der Waals surface area contributed by atoms with Crippen LogP contribution in [0.4, 0.5) is 5.82 Å². The molecule has 2 fully saturated rings. The lowest BCUT2D eigenvalue weighted by Gasteiger charge is -2.26. The quantitative estimate of drug-likeness (QED) is 0.853. The van der Waals surface area contributed by atoms with Gasteiger partial charge in [0.15, 0.2) is 0 Å². The fourth-order valence-electron chi connectivity index (χ4n) is 3.76. The van der Waals surface area contributed by atoms with Crippen LogP contribution >= 0.6 is 0 Å². The van der Waals surface area contributed by atoms with Gasteiger partial charge in [-0.15, -0.1) is 0 Å². The summed E-state index contributed by atoms with van der Waals surface area (Å²) >= 11 is 0. The summed E-state index contributed by atoms with van der Waals surface area (Å²) in [7, 11) is 2.17. The number of aromatic amines is 1. The van der Waals surface area contributed by atoms with Crippen LogP contribution in [-0.4, -0.2) is 41.1 Å². The topological polar surface area (TPSA) is 56.8 Å². The van der Waals surface area contributed by atoms with E-state index in [9.17, 15) is 0 Å². The first kappa shape index (κ1) is 11.2. The van der Waals surface area contributed by atoms with Crippen molar-refractivity contribution >= 4 is 16.9 Å². The zero-order valence-electron chi connectivity index (χ0n) is 11.1. The number of anilines is 1. The maximum absolute atomic E-state index is 4.50. The Bertz CT molecular complexity index is 580. The van der Waals surface area contributed by atoms with Crippen molar-refractivity contribution in [2.24, 2.45) is 11.8 Å². The number of nitrogens with one attached hydrogen (secondary N) is 2. The molecule has 0 amide bonds. The Morgan fingerprint density at radius 2 is 2.00 bits per heavy atom. The van der Waals surface area contributed by atoms with Gasteiger partial charge in [0.05, 0.1) is 5.39 Å². The molecule has 2 aliphatic rings. The van der Waals surface area contributed by atoms with Gasteiger partial charge in [-0.05, 0) is 43.8 Å². The molecule has 1 aliphatic heterocycles. The molecule has 0 aromatic carbocycles. The Kier molecular flexibility index (Phi) is 2.48. The lowest BCUT2D eigenvalue weighted by molar-refractivity contribution is 0.494. The number of H-pyrrole nitrogens is 1. The van der Waals surface area contributed by atoms with Crippen LogP contribution in [-0.2, 0) is 0 Å². The molecule has 1 aliphatic carbocycles. The van der Waals surface area contributed by atoms with Gasteiger partial charge in [-0.25, -0.2) is 9.97 Å². The molecule has 1 saturated heterocycles. The molecule has 5 nitrogen and oxygen atoms in total. The number of hydrogen-bond donors (Lipinski definition) is 2. The van der Waals surface area contributed by atoms with Crippen LogP contribution < -0.4 is 10.2 Å². The predicted octanol–water partition coefficient (Wildman–Crippen LogP) is 1.39. The summed E-state index contributed by atoms with van der Waals surface area (Å²) in [5.41, 5.74) is 0.928. The van der Waals surface area contributed by atoms with E-state index >= 15 is 0 Å². The molecule has 19 heavy (non-hydrogen) atoms. The molecular weight excluding hydrogens is 238 g/mol. The van der Waals surface area contributed by atoms with E-state index in [2.05, 4.69) is 38.3 Å². The summed E-state index contributed by atoms with van der Waals surface area (Å²) in [6.45, 7) is 2.39. The van der Waals surface area contributed by atoms with Gasteiger partial charge in [-0.1, -0.05) is 0 Å². The highest BCUT2D eigenvalue weighted by Gasteiger charge is 2.39. The summed E-state index contributed by atoms with van der Waals surface area (Å²) < 4.78 is 0. The van der Waals surface area contributed by atoms with E-state index in [0.717, 1.165) is 28.7 Å². The number of fused-ring (bicyclic) bond motifs is 2. The SMILES string of the molecule is CN(c1ncnc2[nH]ccc12)C1C[C@H]2CNC[C@H]2C1. The lowest BCUT2D eigenvalue weighted by atomic mass is 10.0. The van der Waals surface area contributed by atoms with Crippen LogP contribution in [0.15, 0.2) is 18.6 Å². The van der Waals surface area contributed by atoms with Crippen LogP contribution in [0, 0.1) is 11.8 Å². The smallest absolute Gasteiger partial charge is 0.142 e. The van der Waals surface area contributed by atoms with Crippen molar-refractivity contribution in [3.63, 3.8) is 0 Å². The summed E-state index contributed by atoms with van der Waals surface area (Å²) in [6.07, 6.45) is 6.15. The van der Waals surface area contributed by atoms with E-state index in [-0.39, 0.29) is 0 Å². The Morgan fingerprint density at radius 3 is 2.79 bits per heavy atom. The van der Waals surface area contributed by atoms with Gasteiger partial charge >= 0.3 is 0 Å². The molecule has 1 saturated carbocycles. The first-order valence-electron chi connectivity index (χ1n) is 7.04. The van der Waals surface area contributed by atoms with E-state index < -0.39 is 0 Å². The summed E-state index contributed by atoms with van der Waals surface area (Å²) in [4.78, 5) is 14.3. The second kappa shape index (κ2) is 4.20. The average Bonchev–Trinajstić information content (AvgIpc) is 3.11. The van der Waals surface area contributed by atoms with Crippen molar-refractivity contribution in [2.45, 2.75) is 18.9 Å². The summed E-state index contributed by atoms with van der Waals surface area (Å²) in [5.74, 6) is 2.77. The highest BCUT2D eigenvalue weighted by molar-refractivity contribution is 5.87. The Labute approximate surface area is 112 Å². The van der Waals surface area contributed by atoms with Crippen molar-refractivity contribution in [1.29, 1.82) is 0 Å². The maximum atomic E-state index is 4.50. The number of rotatable bonds is 2. The Morgan fingerprint density at radius 1 is 1.21 bits per heavy atom. The number of nitrogens with zero attached hydrogens (tertiary/aromatic N) is 3. The minimum atomic E-state index is 0.616. The zero-order valence-corrected chi connectivity index (χ0v) is 11.1.